The van der Waals surface area contributed by atoms with Gasteiger partial charge in [0.25, 0.3) is 5.91 Å². The van der Waals surface area contributed by atoms with E-state index in [1.54, 1.807) is 18.2 Å². The second-order valence-electron chi connectivity index (χ2n) is 3.83. The van der Waals surface area contributed by atoms with E-state index in [2.05, 4.69) is 21.2 Å². The third-order valence-electron chi connectivity index (χ3n) is 2.63. The Hall–Kier alpha value is -1.27. The van der Waals surface area contributed by atoms with Crippen LogP contribution in [-0.2, 0) is 9.53 Å². The van der Waals surface area contributed by atoms with Gasteiger partial charge in [-0.2, -0.15) is 0 Å². The van der Waals surface area contributed by atoms with Gasteiger partial charge >= 0.3 is 5.97 Å². The van der Waals surface area contributed by atoms with Crippen molar-refractivity contribution in [2.45, 2.75) is 6.42 Å². The van der Waals surface area contributed by atoms with E-state index in [-0.39, 0.29) is 5.91 Å². The Morgan fingerprint density at radius 2 is 2.11 bits per heavy atom. The molecule has 0 saturated carbocycles. The van der Waals surface area contributed by atoms with E-state index in [1.165, 1.54) is 18.9 Å². The summed E-state index contributed by atoms with van der Waals surface area (Å²) in [4.78, 5) is 24.2. The first-order valence-corrected chi connectivity index (χ1v) is 7.41. The van der Waals surface area contributed by atoms with E-state index in [1.807, 2.05) is 6.07 Å². The minimum Gasteiger partial charge on any atom is -0.465 e. The summed E-state index contributed by atoms with van der Waals surface area (Å²) in [7, 11) is 1.33. The first-order valence-electron chi connectivity index (χ1n) is 5.63. The number of methoxy groups -OCH3 is 1. The van der Waals surface area contributed by atoms with Crippen LogP contribution in [0.5, 0.6) is 0 Å². The predicted octanol–water partition coefficient (Wildman–Crippen LogP) is 2.70. The molecule has 1 aromatic carbocycles. The molecule has 0 bridgehead atoms. The van der Waals surface area contributed by atoms with E-state index >= 15 is 0 Å². The number of allylic oxidation sites excluding steroid dienone is 1. The van der Waals surface area contributed by atoms with Gasteiger partial charge in [-0.15, -0.1) is 11.8 Å². The summed E-state index contributed by atoms with van der Waals surface area (Å²) in [5.41, 5.74) is 1.17. The summed E-state index contributed by atoms with van der Waals surface area (Å²) in [5.74, 6) is 0.145. The molecule has 2 rings (SSSR count). The van der Waals surface area contributed by atoms with Crippen molar-refractivity contribution in [3.05, 3.63) is 44.9 Å². The predicted molar refractivity (Wildman–Crippen MR) is 77.7 cm³/mol. The highest BCUT2D eigenvalue weighted by atomic mass is 79.9. The molecular weight excluding hydrogens is 330 g/mol. The SMILES string of the molecule is COC(=O)C1=C(NC(=O)c2ccccc2Br)CCS1. The van der Waals surface area contributed by atoms with Crippen LogP contribution in [0.1, 0.15) is 16.8 Å². The van der Waals surface area contributed by atoms with Gasteiger partial charge in [-0.25, -0.2) is 4.79 Å². The molecule has 100 valence electrons. The molecule has 0 spiro atoms. The zero-order chi connectivity index (χ0) is 13.8. The van der Waals surface area contributed by atoms with Crippen molar-refractivity contribution in [3.8, 4) is 0 Å². The highest BCUT2D eigenvalue weighted by molar-refractivity contribution is 9.10. The van der Waals surface area contributed by atoms with Crippen LogP contribution < -0.4 is 5.32 Å². The third kappa shape index (κ3) is 3.19. The maximum Gasteiger partial charge on any atom is 0.346 e. The quantitative estimate of drug-likeness (QED) is 0.859. The molecule has 0 aromatic heterocycles. The maximum atomic E-state index is 12.1. The monoisotopic (exact) mass is 341 g/mol. The number of benzene rings is 1. The molecule has 0 unspecified atom stereocenters. The second kappa shape index (κ2) is 6.25. The number of hydrogen-bond donors (Lipinski definition) is 1. The van der Waals surface area contributed by atoms with E-state index in [0.717, 1.165) is 10.2 Å². The van der Waals surface area contributed by atoms with Crippen molar-refractivity contribution >= 4 is 39.6 Å². The molecule has 1 N–H and O–H groups in total. The van der Waals surface area contributed by atoms with E-state index in [9.17, 15) is 9.59 Å². The van der Waals surface area contributed by atoms with Crippen LogP contribution in [0.2, 0.25) is 0 Å². The van der Waals surface area contributed by atoms with Crippen LogP contribution in [0.25, 0.3) is 0 Å². The molecule has 1 aliphatic heterocycles. The molecule has 1 aliphatic rings. The number of carbonyl (C=O) groups is 2. The number of amides is 1. The van der Waals surface area contributed by atoms with E-state index in [4.69, 9.17) is 4.74 Å². The lowest BCUT2D eigenvalue weighted by Gasteiger charge is -2.08. The lowest BCUT2D eigenvalue weighted by atomic mass is 10.2. The molecule has 0 aliphatic carbocycles. The van der Waals surface area contributed by atoms with Gasteiger partial charge in [0.2, 0.25) is 0 Å². The number of ether oxygens (including phenoxy) is 1. The maximum absolute atomic E-state index is 12.1. The minimum absolute atomic E-state index is 0.230. The molecular formula is C13H12BrNO3S. The van der Waals surface area contributed by atoms with Crippen LogP contribution in [0.3, 0.4) is 0 Å². The molecule has 19 heavy (non-hydrogen) atoms. The van der Waals surface area contributed by atoms with Gasteiger partial charge in [0.05, 0.1) is 12.7 Å². The van der Waals surface area contributed by atoms with Gasteiger partial charge in [0.15, 0.2) is 0 Å². The van der Waals surface area contributed by atoms with Crippen molar-refractivity contribution in [1.29, 1.82) is 0 Å². The fourth-order valence-corrected chi connectivity index (χ4v) is 3.20. The lowest BCUT2D eigenvalue weighted by Crippen LogP contribution is -2.24. The number of nitrogens with one attached hydrogen (secondary N) is 1. The standard InChI is InChI=1S/C13H12BrNO3S/c1-18-13(17)11-10(6-7-19-11)15-12(16)8-4-2-3-5-9(8)14/h2-5H,6-7H2,1H3,(H,15,16). The number of esters is 1. The highest BCUT2D eigenvalue weighted by Gasteiger charge is 2.24. The number of carbonyl (C=O) groups excluding carboxylic acids is 2. The van der Waals surface area contributed by atoms with Crippen molar-refractivity contribution < 1.29 is 14.3 Å². The van der Waals surface area contributed by atoms with Crippen LogP contribution in [0.4, 0.5) is 0 Å². The molecule has 1 amide bonds. The fraction of sp³-hybridized carbons (Fsp3) is 0.231. The van der Waals surface area contributed by atoms with E-state index < -0.39 is 5.97 Å². The molecule has 0 radical (unpaired) electrons. The Balaban J connectivity index is 2.19. The van der Waals surface area contributed by atoms with Gasteiger partial charge < -0.3 is 10.1 Å². The summed E-state index contributed by atoms with van der Waals surface area (Å²) in [6.07, 6.45) is 0.658. The number of hydrogen-bond acceptors (Lipinski definition) is 4. The molecule has 6 heteroatoms. The molecule has 4 nitrogen and oxygen atoms in total. The molecule has 0 fully saturated rings. The average Bonchev–Trinajstić information content (AvgIpc) is 2.86. The Labute approximate surface area is 123 Å². The van der Waals surface area contributed by atoms with Gasteiger partial charge in [0, 0.05) is 15.9 Å². The summed E-state index contributed by atoms with van der Waals surface area (Å²) in [6.45, 7) is 0. The normalized spacial score (nSPS) is 14.4. The lowest BCUT2D eigenvalue weighted by molar-refractivity contribution is -0.135. The van der Waals surface area contributed by atoms with Gasteiger partial charge in [-0.05, 0) is 34.5 Å². The molecule has 1 aromatic rings. The molecule has 0 saturated heterocycles. The summed E-state index contributed by atoms with van der Waals surface area (Å²) in [5, 5.41) is 2.79. The van der Waals surface area contributed by atoms with Crippen LogP contribution >= 0.6 is 27.7 Å². The van der Waals surface area contributed by atoms with Gasteiger partial charge in [-0.1, -0.05) is 12.1 Å². The minimum atomic E-state index is -0.398. The summed E-state index contributed by atoms with van der Waals surface area (Å²) in [6, 6.07) is 7.15. The summed E-state index contributed by atoms with van der Waals surface area (Å²) >= 11 is 4.73. The Morgan fingerprint density at radius 3 is 2.79 bits per heavy atom. The second-order valence-corrected chi connectivity index (χ2v) is 5.79. The zero-order valence-electron chi connectivity index (χ0n) is 10.2. The van der Waals surface area contributed by atoms with Gasteiger partial charge in [0.1, 0.15) is 4.91 Å². The third-order valence-corrected chi connectivity index (χ3v) is 4.43. The molecule has 1 heterocycles. The van der Waals surface area contributed by atoms with Crippen molar-refractivity contribution in [2.24, 2.45) is 0 Å². The van der Waals surface area contributed by atoms with Crippen molar-refractivity contribution in [2.75, 3.05) is 12.9 Å². The zero-order valence-corrected chi connectivity index (χ0v) is 12.6. The number of halogens is 1. The Morgan fingerprint density at radius 1 is 1.37 bits per heavy atom. The summed E-state index contributed by atoms with van der Waals surface area (Å²) < 4.78 is 5.42. The van der Waals surface area contributed by atoms with Crippen molar-refractivity contribution in [3.63, 3.8) is 0 Å². The van der Waals surface area contributed by atoms with Crippen LogP contribution in [-0.4, -0.2) is 24.7 Å². The van der Waals surface area contributed by atoms with Crippen LogP contribution in [0, 0.1) is 0 Å². The van der Waals surface area contributed by atoms with Gasteiger partial charge in [-0.3, -0.25) is 4.79 Å². The van der Waals surface area contributed by atoms with E-state index in [0.29, 0.717) is 22.6 Å². The first-order chi connectivity index (χ1) is 9.13. The fourth-order valence-electron chi connectivity index (χ4n) is 1.70. The first kappa shape index (κ1) is 14.1. The smallest absolute Gasteiger partial charge is 0.346 e. The average molecular weight is 342 g/mol. The topological polar surface area (TPSA) is 55.4 Å². The Kier molecular flexibility index (Phi) is 4.66. The van der Waals surface area contributed by atoms with Crippen LogP contribution in [0.15, 0.2) is 39.3 Å². The highest BCUT2D eigenvalue weighted by Crippen LogP contribution is 2.31. The van der Waals surface area contributed by atoms with Crippen molar-refractivity contribution in [1.82, 2.24) is 5.32 Å². The number of thioether (sulfide) groups is 1. The largest absolute Gasteiger partial charge is 0.465 e. The Bertz CT molecular complexity index is 557. The molecule has 0 atom stereocenters. The number of rotatable bonds is 3.